The summed E-state index contributed by atoms with van der Waals surface area (Å²) in [5.74, 6) is 1.15. The van der Waals surface area contributed by atoms with Gasteiger partial charge in [-0.1, -0.05) is 43.3 Å². The van der Waals surface area contributed by atoms with Gasteiger partial charge in [-0.3, -0.25) is 9.59 Å². The number of hydrogen-bond donors (Lipinski definition) is 0. The Morgan fingerprint density at radius 3 is 2.21 bits per heavy atom. The molecule has 2 aromatic carbocycles. The van der Waals surface area contributed by atoms with Crippen LogP contribution >= 0.6 is 0 Å². The normalized spacial score (nSPS) is 10.5. The topological polar surface area (TPSA) is 57.5 Å². The standard InChI is InChI=1S/C23H23NO4/c1-3-17-4-8-19(9-5-17)22(25)15-24-13-12-21(14-23(24)26)28-16-18-6-10-20(27-2)11-7-18/h4-14H,3,15-16H2,1-2H3. The molecule has 0 radical (unpaired) electrons. The second kappa shape index (κ2) is 9.04. The van der Waals surface area contributed by atoms with Crippen LogP contribution in [0.4, 0.5) is 0 Å². The van der Waals surface area contributed by atoms with Crippen LogP contribution in [0.1, 0.15) is 28.4 Å². The highest BCUT2D eigenvalue weighted by molar-refractivity contribution is 5.95. The number of methoxy groups -OCH3 is 1. The van der Waals surface area contributed by atoms with Crippen LogP contribution in [0.2, 0.25) is 0 Å². The molecule has 0 N–H and O–H groups in total. The number of carbonyl (C=O) groups excluding carboxylic acids is 1. The van der Waals surface area contributed by atoms with E-state index in [0.717, 1.165) is 17.7 Å². The predicted octanol–water partition coefficient (Wildman–Crippen LogP) is 3.88. The first-order valence-electron chi connectivity index (χ1n) is 9.17. The molecule has 28 heavy (non-hydrogen) atoms. The minimum atomic E-state index is -0.272. The van der Waals surface area contributed by atoms with Crippen LogP contribution in [0.15, 0.2) is 71.7 Å². The van der Waals surface area contributed by atoms with Crippen molar-refractivity contribution in [1.29, 1.82) is 0 Å². The van der Waals surface area contributed by atoms with Crippen molar-refractivity contribution in [2.45, 2.75) is 26.5 Å². The molecule has 0 fully saturated rings. The number of hydrogen-bond acceptors (Lipinski definition) is 4. The zero-order valence-corrected chi connectivity index (χ0v) is 16.1. The lowest BCUT2D eigenvalue weighted by Gasteiger charge is -2.09. The van der Waals surface area contributed by atoms with Crippen LogP contribution in [0.3, 0.4) is 0 Å². The Hall–Kier alpha value is -3.34. The minimum Gasteiger partial charge on any atom is -0.497 e. The average Bonchev–Trinajstić information content (AvgIpc) is 2.74. The van der Waals surface area contributed by atoms with E-state index < -0.39 is 0 Å². The van der Waals surface area contributed by atoms with Crippen molar-refractivity contribution in [3.63, 3.8) is 0 Å². The fourth-order valence-electron chi connectivity index (χ4n) is 2.77. The maximum atomic E-state index is 12.4. The molecule has 0 bridgehead atoms. The van der Waals surface area contributed by atoms with Gasteiger partial charge in [-0.2, -0.15) is 0 Å². The Bertz CT molecular complexity index is 988. The molecular formula is C23H23NO4. The van der Waals surface area contributed by atoms with Gasteiger partial charge in [0.05, 0.1) is 13.7 Å². The van der Waals surface area contributed by atoms with Gasteiger partial charge < -0.3 is 14.0 Å². The van der Waals surface area contributed by atoms with Gasteiger partial charge in [0.2, 0.25) is 0 Å². The molecule has 0 saturated carbocycles. The molecule has 144 valence electrons. The van der Waals surface area contributed by atoms with Crippen molar-refractivity contribution >= 4 is 5.78 Å². The van der Waals surface area contributed by atoms with Crippen LogP contribution in [0.5, 0.6) is 11.5 Å². The third-order valence-corrected chi connectivity index (χ3v) is 4.53. The summed E-state index contributed by atoms with van der Waals surface area (Å²) in [6.07, 6.45) is 2.51. The van der Waals surface area contributed by atoms with Gasteiger partial charge in [-0.15, -0.1) is 0 Å². The largest absolute Gasteiger partial charge is 0.497 e. The third-order valence-electron chi connectivity index (χ3n) is 4.53. The summed E-state index contributed by atoms with van der Waals surface area (Å²) in [6.45, 7) is 2.41. The van der Waals surface area contributed by atoms with Gasteiger partial charge in [0.25, 0.3) is 5.56 Å². The number of benzene rings is 2. The smallest absolute Gasteiger partial charge is 0.254 e. The van der Waals surface area contributed by atoms with Gasteiger partial charge in [0.1, 0.15) is 18.1 Å². The Balaban J connectivity index is 1.62. The monoisotopic (exact) mass is 377 g/mol. The fourth-order valence-corrected chi connectivity index (χ4v) is 2.77. The van der Waals surface area contributed by atoms with E-state index in [2.05, 4.69) is 6.92 Å². The number of ketones is 1. The van der Waals surface area contributed by atoms with Crippen molar-refractivity contribution in [2.24, 2.45) is 0 Å². The Labute approximate surface area is 164 Å². The highest BCUT2D eigenvalue weighted by Crippen LogP contribution is 2.14. The molecule has 1 aromatic heterocycles. The number of aromatic nitrogens is 1. The van der Waals surface area contributed by atoms with Crippen LogP contribution in [0.25, 0.3) is 0 Å². The molecular weight excluding hydrogens is 354 g/mol. The maximum absolute atomic E-state index is 12.4. The maximum Gasteiger partial charge on any atom is 0.254 e. The van der Waals surface area contributed by atoms with Gasteiger partial charge in [0.15, 0.2) is 5.78 Å². The summed E-state index contributed by atoms with van der Waals surface area (Å²) < 4.78 is 12.2. The number of Topliss-reactive ketones (excluding diaryl/α,β-unsaturated/α-hetero) is 1. The van der Waals surface area contributed by atoms with E-state index in [0.29, 0.717) is 17.9 Å². The van der Waals surface area contributed by atoms with E-state index in [9.17, 15) is 9.59 Å². The van der Waals surface area contributed by atoms with E-state index >= 15 is 0 Å². The summed E-state index contributed by atoms with van der Waals surface area (Å²) >= 11 is 0. The van der Waals surface area contributed by atoms with E-state index in [-0.39, 0.29) is 17.9 Å². The zero-order chi connectivity index (χ0) is 19.9. The molecule has 0 aliphatic rings. The van der Waals surface area contributed by atoms with E-state index in [1.54, 1.807) is 31.5 Å². The second-order valence-corrected chi connectivity index (χ2v) is 6.44. The van der Waals surface area contributed by atoms with Crippen molar-refractivity contribution in [1.82, 2.24) is 4.57 Å². The summed E-state index contributed by atoms with van der Waals surface area (Å²) in [5, 5.41) is 0. The zero-order valence-electron chi connectivity index (χ0n) is 16.1. The molecule has 0 aliphatic heterocycles. The van der Waals surface area contributed by atoms with Crippen molar-refractivity contribution in [2.75, 3.05) is 7.11 Å². The average molecular weight is 377 g/mol. The molecule has 5 heteroatoms. The Morgan fingerprint density at radius 1 is 0.929 bits per heavy atom. The Kier molecular flexibility index (Phi) is 6.27. The van der Waals surface area contributed by atoms with Crippen LogP contribution in [0, 0.1) is 0 Å². The quantitative estimate of drug-likeness (QED) is 0.559. The molecule has 0 unspecified atom stereocenters. The SMILES string of the molecule is CCc1ccc(C(=O)Cn2ccc(OCc3ccc(OC)cc3)cc2=O)cc1. The number of nitrogens with zero attached hydrogens (tertiary/aromatic N) is 1. The van der Waals surface area contributed by atoms with Crippen LogP contribution in [-0.4, -0.2) is 17.5 Å². The highest BCUT2D eigenvalue weighted by Gasteiger charge is 2.09. The molecule has 0 amide bonds. The van der Waals surface area contributed by atoms with E-state index in [1.807, 2.05) is 36.4 Å². The summed E-state index contributed by atoms with van der Waals surface area (Å²) in [6, 6.07) is 18.1. The van der Waals surface area contributed by atoms with Crippen molar-refractivity contribution in [3.8, 4) is 11.5 Å². The predicted molar refractivity (Wildman–Crippen MR) is 108 cm³/mol. The molecule has 1 heterocycles. The summed E-state index contributed by atoms with van der Waals surface area (Å²) in [7, 11) is 1.62. The molecule has 0 saturated heterocycles. The number of carbonyl (C=O) groups is 1. The van der Waals surface area contributed by atoms with Crippen LogP contribution < -0.4 is 15.0 Å². The highest BCUT2D eigenvalue weighted by atomic mass is 16.5. The summed E-state index contributed by atoms with van der Waals surface area (Å²) in [4.78, 5) is 24.7. The van der Waals surface area contributed by atoms with Crippen molar-refractivity contribution < 1.29 is 14.3 Å². The third kappa shape index (κ3) is 4.88. The van der Waals surface area contributed by atoms with Crippen molar-refractivity contribution in [3.05, 3.63) is 93.9 Å². The first-order valence-corrected chi connectivity index (χ1v) is 9.17. The van der Waals surface area contributed by atoms with Gasteiger partial charge >= 0.3 is 0 Å². The number of rotatable bonds is 8. The van der Waals surface area contributed by atoms with Crippen LogP contribution in [-0.2, 0) is 19.6 Å². The Morgan fingerprint density at radius 2 is 1.61 bits per heavy atom. The molecule has 0 aliphatic carbocycles. The first kappa shape index (κ1) is 19.4. The van der Waals surface area contributed by atoms with Gasteiger partial charge in [-0.25, -0.2) is 0 Å². The molecule has 3 rings (SSSR count). The first-order chi connectivity index (χ1) is 13.6. The molecule has 0 atom stereocenters. The van der Waals surface area contributed by atoms with Gasteiger partial charge in [0, 0.05) is 17.8 Å². The molecule has 3 aromatic rings. The number of ether oxygens (including phenoxy) is 2. The fraction of sp³-hybridized carbons (Fsp3) is 0.217. The van der Waals surface area contributed by atoms with Gasteiger partial charge in [-0.05, 0) is 35.7 Å². The lowest BCUT2D eigenvalue weighted by atomic mass is 10.1. The lowest BCUT2D eigenvalue weighted by molar-refractivity contribution is 0.0970. The second-order valence-electron chi connectivity index (χ2n) is 6.44. The lowest BCUT2D eigenvalue weighted by Crippen LogP contribution is -2.23. The minimum absolute atomic E-state index is 0.00304. The number of aryl methyl sites for hydroxylation is 1. The number of pyridine rings is 1. The van der Waals surface area contributed by atoms with E-state index in [4.69, 9.17) is 9.47 Å². The van der Waals surface area contributed by atoms with E-state index in [1.165, 1.54) is 16.2 Å². The summed E-state index contributed by atoms with van der Waals surface area (Å²) in [5.41, 5.74) is 2.47. The molecule has 0 spiro atoms. The molecule has 5 nitrogen and oxygen atoms in total.